The number of aliphatic carboxylic acids is 1. The van der Waals surface area contributed by atoms with Crippen LogP contribution in [0.25, 0.3) is 0 Å². The molecule has 1 aromatic rings. The fourth-order valence-corrected chi connectivity index (χ4v) is 1.27. The zero-order chi connectivity index (χ0) is 13.5. The Morgan fingerprint density at radius 2 is 1.67 bits per heavy atom. The molecule has 0 aliphatic carbocycles. The third-order valence-corrected chi connectivity index (χ3v) is 2.06. The predicted octanol–water partition coefficient (Wildman–Crippen LogP) is 1.45. The minimum Gasteiger partial charge on any atom is -0.481 e. The van der Waals surface area contributed by atoms with Crippen molar-refractivity contribution in [1.29, 1.82) is 0 Å². The van der Waals surface area contributed by atoms with Crippen molar-refractivity contribution in [3.63, 3.8) is 0 Å². The van der Waals surface area contributed by atoms with Gasteiger partial charge in [-0.25, -0.2) is 0 Å². The van der Waals surface area contributed by atoms with Gasteiger partial charge in [-0.3, -0.25) is 14.4 Å². The number of benzene rings is 1. The molecule has 0 saturated carbocycles. The summed E-state index contributed by atoms with van der Waals surface area (Å²) in [4.78, 5) is 32.8. The van der Waals surface area contributed by atoms with Gasteiger partial charge in [-0.2, -0.15) is 0 Å². The van der Waals surface area contributed by atoms with Crippen LogP contribution in [0.15, 0.2) is 24.3 Å². The Bertz CT molecular complexity index is 471. The molecule has 0 spiro atoms. The first-order valence-corrected chi connectivity index (χ1v) is 5.43. The molecule has 18 heavy (non-hydrogen) atoms. The van der Waals surface area contributed by atoms with Gasteiger partial charge >= 0.3 is 5.97 Å². The van der Waals surface area contributed by atoms with Crippen molar-refractivity contribution in [2.75, 3.05) is 10.6 Å². The molecule has 0 aromatic heterocycles. The summed E-state index contributed by atoms with van der Waals surface area (Å²) in [7, 11) is 0. The number of nitrogens with one attached hydrogen (secondary N) is 2. The third kappa shape index (κ3) is 4.65. The summed E-state index contributed by atoms with van der Waals surface area (Å²) in [6.45, 7) is 1.73. The fourth-order valence-electron chi connectivity index (χ4n) is 1.27. The van der Waals surface area contributed by atoms with Crippen molar-refractivity contribution in [3.05, 3.63) is 24.3 Å². The van der Waals surface area contributed by atoms with E-state index in [9.17, 15) is 14.4 Å². The molecular weight excluding hydrogens is 236 g/mol. The standard InChI is InChI=1S/C12H14N2O4/c1-2-10(15)13-8-4-3-5-9(6-8)14-11(16)7-12(17)18/h3-6H,2,7H2,1H3,(H,13,15)(H,14,16)(H,17,18). The second-order valence-electron chi connectivity index (χ2n) is 3.60. The topological polar surface area (TPSA) is 95.5 Å². The zero-order valence-electron chi connectivity index (χ0n) is 9.90. The monoisotopic (exact) mass is 250 g/mol. The highest BCUT2D eigenvalue weighted by molar-refractivity contribution is 6.01. The van der Waals surface area contributed by atoms with E-state index in [1.807, 2.05) is 0 Å². The van der Waals surface area contributed by atoms with E-state index in [-0.39, 0.29) is 5.91 Å². The van der Waals surface area contributed by atoms with Gasteiger partial charge in [-0.1, -0.05) is 13.0 Å². The van der Waals surface area contributed by atoms with E-state index >= 15 is 0 Å². The minimum absolute atomic E-state index is 0.135. The third-order valence-electron chi connectivity index (χ3n) is 2.06. The van der Waals surface area contributed by atoms with E-state index in [2.05, 4.69) is 10.6 Å². The largest absolute Gasteiger partial charge is 0.481 e. The maximum Gasteiger partial charge on any atom is 0.312 e. The van der Waals surface area contributed by atoms with Crippen molar-refractivity contribution in [2.45, 2.75) is 19.8 Å². The van der Waals surface area contributed by atoms with E-state index in [0.717, 1.165) is 0 Å². The summed E-state index contributed by atoms with van der Waals surface area (Å²) in [5.41, 5.74) is 0.991. The molecule has 6 heteroatoms. The molecule has 0 radical (unpaired) electrons. The van der Waals surface area contributed by atoms with Crippen molar-refractivity contribution in [1.82, 2.24) is 0 Å². The van der Waals surface area contributed by atoms with Crippen molar-refractivity contribution in [3.8, 4) is 0 Å². The van der Waals surface area contributed by atoms with Gasteiger partial charge in [-0.05, 0) is 18.2 Å². The Morgan fingerprint density at radius 1 is 1.11 bits per heavy atom. The van der Waals surface area contributed by atoms with Crippen LogP contribution in [0.4, 0.5) is 11.4 Å². The van der Waals surface area contributed by atoms with Gasteiger partial charge in [0.25, 0.3) is 0 Å². The lowest BCUT2D eigenvalue weighted by atomic mass is 10.2. The van der Waals surface area contributed by atoms with E-state index in [4.69, 9.17) is 5.11 Å². The summed E-state index contributed by atoms with van der Waals surface area (Å²) in [5.74, 6) is -1.94. The molecule has 3 N–H and O–H groups in total. The molecule has 96 valence electrons. The molecule has 0 atom stereocenters. The quantitative estimate of drug-likeness (QED) is 0.689. The van der Waals surface area contributed by atoms with Crippen molar-refractivity contribution >= 4 is 29.2 Å². The van der Waals surface area contributed by atoms with Crippen LogP contribution in [0.1, 0.15) is 19.8 Å². The van der Waals surface area contributed by atoms with E-state index in [1.54, 1.807) is 31.2 Å². The molecule has 0 bridgehead atoms. The maximum absolute atomic E-state index is 11.2. The normalized spacial score (nSPS) is 9.61. The average molecular weight is 250 g/mol. The van der Waals surface area contributed by atoms with Crippen LogP contribution in [0, 0.1) is 0 Å². The maximum atomic E-state index is 11.2. The number of amides is 2. The summed E-state index contributed by atoms with van der Waals surface area (Å²) in [5, 5.41) is 13.5. The highest BCUT2D eigenvalue weighted by Crippen LogP contribution is 2.15. The number of carboxylic acid groups (broad SMARTS) is 1. The predicted molar refractivity (Wildman–Crippen MR) is 66.2 cm³/mol. The molecule has 0 unspecified atom stereocenters. The number of rotatable bonds is 5. The van der Waals surface area contributed by atoms with Crippen LogP contribution >= 0.6 is 0 Å². The van der Waals surface area contributed by atoms with Gasteiger partial charge < -0.3 is 15.7 Å². The number of hydrogen-bond acceptors (Lipinski definition) is 3. The van der Waals surface area contributed by atoms with Crippen LogP contribution in [0.2, 0.25) is 0 Å². The van der Waals surface area contributed by atoms with Crippen molar-refractivity contribution < 1.29 is 19.5 Å². The zero-order valence-corrected chi connectivity index (χ0v) is 9.90. The van der Waals surface area contributed by atoms with Crippen LogP contribution in [0.3, 0.4) is 0 Å². The van der Waals surface area contributed by atoms with Crippen LogP contribution in [0.5, 0.6) is 0 Å². The molecular formula is C12H14N2O4. The lowest BCUT2D eigenvalue weighted by Gasteiger charge is -2.07. The molecule has 1 aromatic carbocycles. The number of carbonyl (C=O) groups excluding carboxylic acids is 2. The van der Waals surface area contributed by atoms with Crippen LogP contribution in [-0.4, -0.2) is 22.9 Å². The first-order valence-electron chi connectivity index (χ1n) is 5.43. The van der Waals surface area contributed by atoms with E-state index in [1.165, 1.54) is 0 Å². The Kier molecular flexibility index (Phi) is 4.86. The average Bonchev–Trinajstić information content (AvgIpc) is 2.28. The Labute approximate surface area is 104 Å². The number of hydrogen-bond donors (Lipinski definition) is 3. The molecule has 0 aliphatic rings. The smallest absolute Gasteiger partial charge is 0.312 e. The summed E-state index contributed by atoms with van der Waals surface area (Å²) >= 11 is 0. The second-order valence-corrected chi connectivity index (χ2v) is 3.60. The Balaban J connectivity index is 2.67. The first kappa shape index (κ1) is 13.7. The molecule has 0 heterocycles. The highest BCUT2D eigenvalue weighted by atomic mass is 16.4. The molecule has 0 saturated heterocycles. The molecule has 0 aliphatic heterocycles. The Hall–Kier alpha value is -2.37. The van der Waals surface area contributed by atoms with Crippen LogP contribution < -0.4 is 10.6 Å². The van der Waals surface area contributed by atoms with Crippen molar-refractivity contribution in [2.24, 2.45) is 0 Å². The minimum atomic E-state index is -1.19. The Morgan fingerprint density at radius 3 is 2.17 bits per heavy atom. The van der Waals surface area contributed by atoms with Gasteiger partial charge in [-0.15, -0.1) is 0 Å². The summed E-state index contributed by atoms with van der Waals surface area (Å²) in [6, 6.07) is 6.51. The van der Waals surface area contributed by atoms with Gasteiger partial charge in [0.1, 0.15) is 6.42 Å². The molecule has 6 nitrogen and oxygen atoms in total. The highest BCUT2D eigenvalue weighted by Gasteiger charge is 2.08. The summed E-state index contributed by atoms with van der Waals surface area (Å²) < 4.78 is 0. The molecule has 0 fully saturated rings. The van der Waals surface area contributed by atoms with Crippen LogP contribution in [-0.2, 0) is 14.4 Å². The number of anilines is 2. The SMILES string of the molecule is CCC(=O)Nc1cccc(NC(=O)CC(=O)O)c1. The lowest BCUT2D eigenvalue weighted by molar-refractivity contribution is -0.139. The van der Waals surface area contributed by atoms with Gasteiger partial charge in [0.15, 0.2) is 0 Å². The lowest BCUT2D eigenvalue weighted by Crippen LogP contribution is -2.16. The number of carboxylic acids is 1. The molecule has 2 amide bonds. The van der Waals surface area contributed by atoms with Gasteiger partial charge in [0, 0.05) is 17.8 Å². The second kappa shape index (κ2) is 6.39. The fraction of sp³-hybridized carbons (Fsp3) is 0.250. The van der Waals surface area contributed by atoms with Gasteiger partial charge in [0.2, 0.25) is 11.8 Å². The molecule has 1 rings (SSSR count). The van der Waals surface area contributed by atoms with Gasteiger partial charge in [0.05, 0.1) is 0 Å². The number of carbonyl (C=O) groups is 3. The first-order chi connectivity index (χ1) is 8.51. The van der Waals surface area contributed by atoms with E-state index < -0.39 is 18.3 Å². The van der Waals surface area contributed by atoms with E-state index in [0.29, 0.717) is 17.8 Å². The summed E-state index contributed by atoms with van der Waals surface area (Å²) in [6.07, 6.45) is -0.235.